The van der Waals surface area contributed by atoms with Crippen molar-refractivity contribution in [3.63, 3.8) is 0 Å². The lowest BCUT2D eigenvalue weighted by Crippen LogP contribution is -1.98. The molecule has 0 fully saturated rings. The molecule has 0 N–H and O–H groups in total. The summed E-state index contributed by atoms with van der Waals surface area (Å²) in [5, 5.41) is 0.191. The topological polar surface area (TPSA) is 52.6 Å². The van der Waals surface area contributed by atoms with Crippen LogP contribution in [0.1, 0.15) is 20.7 Å². The number of rotatable bonds is 1. The molecule has 2 rings (SSSR count). The third kappa shape index (κ3) is 1.08. The van der Waals surface area contributed by atoms with Crippen molar-refractivity contribution in [3.05, 3.63) is 28.3 Å². The summed E-state index contributed by atoms with van der Waals surface area (Å²) in [5.41, 5.74) is 0.181. The molecule has 0 atom stereocenters. The number of ether oxygens (including phenoxy) is 2. The zero-order valence-electron chi connectivity index (χ0n) is 7.17. The molecule has 1 aliphatic rings. The van der Waals surface area contributed by atoms with Gasteiger partial charge in [0.05, 0.1) is 17.7 Å². The molecule has 0 saturated carbocycles. The molecule has 1 aromatic carbocycles. The molecular formula is C9H5ClO4. The minimum atomic E-state index is -0.728. The van der Waals surface area contributed by atoms with Crippen molar-refractivity contribution >= 4 is 23.5 Å². The highest BCUT2D eigenvalue weighted by atomic mass is 35.5. The van der Waals surface area contributed by atoms with E-state index < -0.39 is 11.9 Å². The molecule has 0 spiro atoms. The van der Waals surface area contributed by atoms with Gasteiger partial charge in [0, 0.05) is 0 Å². The van der Waals surface area contributed by atoms with Gasteiger partial charge in [0.25, 0.3) is 0 Å². The van der Waals surface area contributed by atoms with Crippen LogP contribution in [0, 0.1) is 0 Å². The number of carbonyl (C=O) groups is 2. The number of fused-ring (bicyclic) bond motifs is 1. The Kier molecular flexibility index (Phi) is 1.93. The zero-order valence-corrected chi connectivity index (χ0v) is 7.92. The normalized spacial score (nSPS) is 13.9. The highest BCUT2D eigenvalue weighted by Crippen LogP contribution is 2.33. The second kappa shape index (κ2) is 2.99. The molecule has 4 nitrogen and oxygen atoms in total. The van der Waals surface area contributed by atoms with Crippen LogP contribution < -0.4 is 4.74 Å². The Morgan fingerprint density at radius 2 is 1.86 bits per heavy atom. The van der Waals surface area contributed by atoms with Gasteiger partial charge in [0.1, 0.15) is 11.3 Å². The molecule has 1 aromatic rings. The van der Waals surface area contributed by atoms with Crippen LogP contribution in [0.15, 0.2) is 12.1 Å². The van der Waals surface area contributed by atoms with Crippen molar-refractivity contribution in [2.24, 2.45) is 0 Å². The first-order valence-electron chi connectivity index (χ1n) is 3.78. The summed E-state index contributed by atoms with van der Waals surface area (Å²) in [6.07, 6.45) is 0. The molecule has 0 saturated heterocycles. The molecule has 0 bridgehead atoms. The van der Waals surface area contributed by atoms with E-state index >= 15 is 0 Å². The number of halogens is 1. The minimum Gasteiger partial charge on any atom is -0.496 e. The standard InChI is InChI=1S/C9H5ClO4/c1-13-5-3-2-4(10)6-7(5)9(12)14-8(6)11/h2-3H,1H3. The van der Waals surface area contributed by atoms with Gasteiger partial charge in [-0.3, -0.25) is 0 Å². The summed E-state index contributed by atoms with van der Waals surface area (Å²) in [6, 6.07) is 3.00. The molecule has 0 unspecified atom stereocenters. The second-order valence-electron chi connectivity index (χ2n) is 2.68. The summed E-state index contributed by atoms with van der Waals surface area (Å²) >= 11 is 5.75. The molecule has 1 heterocycles. The van der Waals surface area contributed by atoms with E-state index in [-0.39, 0.29) is 16.1 Å². The molecule has 5 heteroatoms. The quantitative estimate of drug-likeness (QED) is 0.525. The van der Waals surface area contributed by atoms with Gasteiger partial charge in [-0.05, 0) is 12.1 Å². The lowest BCUT2D eigenvalue weighted by Gasteiger charge is -2.03. The second-order valence-corrected chi connectivity index (χ2v) is 3.08. The van der Waals surface area contributed by atoms with Crippen LogP contribution in [0.25, 0.3) is 0 Å². The number of methoxy groups -OCH3 is 1. The largest absolute Gasteiger partial charge is 0.496 e. The maximum atomic E-state index is 11.2. The fourth-order valence-corrected chi connectivity index (χ4v) is 1.55. The predicted molar refractivity (Wildman–Crippen MR) is 47.8 cm³/mol. The summed E-state index contributed by atoms with van der Waals surface area (Å²) in [6.45, 7) is 0. The van der Waals surface area contributed by atoms with Crippen molar-refractivity contribution in [1.29, 1.82) is 0 Å². The van der Waals surface area contributed by atoms with Crippen molar-refractivity contribution in [1.82, 2.24) is 0 Å². The summed E-state index contributed by atoms with van der Waals surface area (Å²) in [4.78, 5) is 22.4. The summed E-state index contributed by atoms with van der Waals surface area (Å²) in [7, 11) is 1.40. The smallest absolute Gasteiger partial charge is 0.350 e. The van der Waals surface area contributed by atoms with Gasteiger partial charge in [-0.15, -0.1) is 0 Å². The number of cyclic esters (lactones) is 2. The fourth-order valence-electron chi connectivity index (χ4n) is 1.32. The van der Waals surface area contributed by atoms with Gasteiger partial charge in [0.15, 0.2) is 0 Å². The van der Waals surface area contributed by atoms with Crippen LogP contribution in [0.3, 0.4) is 0 Å². The third-order valence-corrected chi connectivity index (χ3v) is 2.24. The Morgan fingerprint density at radius 3 is 2.50 bits per heavy atom. The SMILES string of the molecule is COc1ccc(Cl)c2c1C(=O)OC2=O. The molecule has 0 aromatic heterocycles. The molecule has 1 aliphatic heterocycles. The molecule has 0 radical (unpaired) electrons. The van der Waals surface area contributed by atoms with E-state index in [2.05, 4.69) is 4.74 Å². The van der Waals surface area contributed by atoms with Crippen LogP contribution in [0.4, 0.5) is 0 Å². The van der Waals surface area contributed by atoms with Crippen LogP contribution in [0.2, 0.25) is 5.02 Å². The van der Waals surface area contributed by atoms with E-state index in [0.29, 0.717) is 5.75 Å². The molecule has 14 heavy (non-hydrogen) atoms. The van der Waals surface area contributed by atoms with E-state index in [1.54, 1.807) is 0 Å². The fraction of sp³-hybridized carbons (Fsp3) is 0.111. The van der Waals surface area contributed by atoms with E-state index in [4.69, 9.17) is 16.3 Å². The average Bonchev–Trinajstić information content (AvgIpc) is 2.44. The van der Waals surface area contributed by atoms with Gasteiger partial charge < -0.3 is 9.47 Å². The van der Waals surface area contributed by atoms with Crippen molar-refractivity contribution in [2.45, 2.75) is 0 Å². The molecule has 72 valence electrons. The Morgan fingerprint density at radius 1 is 1.21 bits per heavy atom. The number of hydrogen-bond donors (Lipinski definition) is 0. The van der Waals surface area contributed by atoms with Gasteiger partial charge in [-0.25, -0.2) is 9.59 Å². The Labute approximate surface area is 84.4 Å². The highest BCUT2D eigenvalue weighted by Gasteiger charge is 2.35. The van der Waals surface area contributed by atoms with E-state index in [1.807, 2.05) is 0 Å². The molecule has 0 aliphatic carbocycles. The highest BCUT2D eigenvalue weighted by molar-refractivity contribution is 6.36. The average molecular weight is 213 g/mol. The van der Waals surface area contributed by atoms with Gasteiger partial charge >= 0.3 is 11.9 Å². The lowest BCUT2D eigenvalue weighted by molar-refractivity contribution is 0.0443. The lowest BCUT2D eigenvalue weighted by atomic mass is 10.1. The van der Waals surface area contributed by atoms with Crippen molar-refractivity contribution in [3.8, 4) is 5.75 Å². The van der Waals surface area contributed by atoms with Crippen molar-refractivity contribution < 1.29 is 19.1 Å². The van der Waals surface area contributed by atoms with E-state index in [1.165, 1.54) is 19.2 Å². The first-order valence-corrected chi connectivity index (χ1v) is 4.16. The number of esters is 2. The van der Waals surface area contributed by atoms with Crippen molar-refractivity contribution in [2.75, 3.05) is 7.11 Å². The van der Waals surface area contributed by atoms with Crippen LogP contribution in [-0.2, 0) is 4.74 Å². The Bertz CT molecular complexity index is 439. The first kappa shape index (κ1) is 9.02. The number of carbonyl (C=O) groups excluding carboxylic acids is 2. The molecular weight excluding hydrogens is 208 g/mol. The minimum absolute atomic E-state index is 0.0796. The number of benzene rings is 1. The maximum Gasteiger partial charge on any atom is 0.350 e. The number of hydrogen-bond acceptors (Lipinski definition) is 4. The summed E-state index contributed by atoms with van der Waals surface area (Å²) < 4.78 is 9.33. The van der Waals surface area contributed by atoms with Crippen LogP contribution in [-0.4, -0.2) is 19.0 Å². The Balaban J connectivity index is 2.76. The van der Waals surface area contributed by atoms with E-state index in [9.17, 15) is 9.59 Å². The van der Waals surface area contributed by atoms with Crippen LogP contribution in [0.5, 0.6) is 5.75 Å². The van der Waals surface area contributed by atoms with Crippen LogP contribution >= 0.6 is 11.6 Å². The first-order chi connectivity index (χ1) is 6.65. The van der Waals surface area contributed by atoms with E-state index in [0.717, 1.165) is 0 Å². The van der Waals surface area contributed by atoms with Gasteiger partial charge in [0.2, 0.25) is 0 Å². The monoisotopic (exact) mass is 212 g/mol. The molecule has 0 amide bonds. The Hall–Kier alpha value is -1.55. The van der Waals surface area contributed by atoms with Gasteiger partial charge in [-0.1, -0.05) is 11.6 Å². The summed E-state index contributed by atoms with van der Waals surface area (Å²) in [5.74, 6) is -1.15. The maximum absolute atomic E-state index is 11.2. The zero-order chi connectivity index (χ0) is 10.3. The van der Waals surface area contributed by atoms with Gasteiger partial charge in [-0.2, -0.15) is 0 Å². The predicted octanol–water partition coefficient (Wildman–Crippen LogP) is 1.66. The third-order valence-electron chi connectivity index (χ3n) is 1.93.